The van der Waals surface area contributed by atoms with E-state index in [1.54, 1.807) is 66.9 Å². The van der Waals surface area contributed by atoms with E-state index in [1.165, 1.54) is 12.1 Å². The largest absolute Gasteiger partial charge is 0.382 e. The molecule has 0 aliphatic heterocycles. The van der Waals surface area contributed by atoms with Crippen LogP contribution in [0.3, 0.4) is 0 Å². The SMILES string of the molecule is CCCCS(=O)(=O)Oc1ccc(C(C)(C)NCCCn2ccnc2)cc1.O=S(=O)(Oc1ccccc1)c1ccccc1. The van der Waals surface area contributed by atoms with Gasteiger partial charge in [-0.3, -0.25) is 0 Å². The topological polar surface area (TPSA) is 117 Å². The summed E-state index contributed by atoms with van der Waals surface area (Å²) in [6.45, 7) is 7.96. The lowest BCUT2D eigenvalue weighted by Gasteiger charge is -2.27. The Kier molecular flexibility index (Phi) is 12.1. The minimum Gasteiger partial charge on any atom is -0.382 e. The van der Waals surface area contributed by atoms with Crippen molar-refractivity contribution in [1.29, 1.82) is 0 Å². The lowest BCUT2D eigenvalue weighted by Crippen LogP contribution is -2.37. The second kappa shape index (κ2) is 15.5. The van der Waals surface area contributed by atoms with E-state index in [4.69, 9.17) is 8.37 Å². The highest BCUT2D eigenvalue weighted by atomic mass is 32.2. The number of nitrogens with zero attached hydrogens (tertiary/aromatic N) is 2. The van der Waals surface area contributed by atoms with Crippen LogP contribution in [0.25, 0.3) is 0 Å². The van der Waals surface area contributed by atoms with Gasteiger partial charge in [0.25, 0.3) is 0 Å². The standard InChI is InChI=1S/C19H29N3O3S.C12H10O3S/c1-4-5-15-26(23,24)25-18-9-7-17(8-10-18)19(2,3)21-11-6-13-22-14-12-20-16-22;13-16(14,12-9-5-2-6-10-12)15-11-7-3-1-4-8-11/h7-10,12,14,16,21H,4-6,11,13,15H2,1-3H3;1-10H. The van der Waals surface area contributed by atoms with Gasteiger partial charge in [0.05, 0.1) is 12.1 Å². The highest BCUT2D eigenvalue weighted by Gasteiger charge is 2.20. The van der Waals surface area contributed by atoms with Crippen LogP contribution in [0.15, 0.2) is 109 Å². The van der Waals surface area contributed by atoms with E-state index in [-0.39, 0.29) is 16.2 Å². The predicted molar refractivity (Wildman–Crippen MR) is 164 cm³/mol. The molecule has 226 valence electrons. The molecule has 3 aromatic carbocycles. The maximum Gasteiger partial charge on any atom is 0.339 e. The molecule has 0 unspecified atom stereocenters. The van der Waals surface area contributed by atoms with Crippen molar-refractivity contribution in [2.24, 2.45) is 0 Å². The van der Waals surface area contributed by atoms with Crippen molar-refractivity contribution < 1.29 is 25.2 Å². The van der Waals surface area contributed by atoms with Crippen LogP contribution in [-0.2, 0) is 32.3 Å². The summed E-state index contributed by atoms with van der Waals surface area (Å²) in [5.41, 5.74) is 0.868. The quantitative estimate of drug-likeness (QED) is 0.141. The molecule has 0 atom stereocenters. The number of hydrogen-bond acceptors (Lipinski definition) is 8. The first kappa shape index (κ1) is 32.8. The van der Waals surface area contributed by atoms with Gasteiger partial charge in [-0.05, 0) is 75.2 Å². The summed E-state index contributed by atoms with van der Waals surface area (Å²) in [7, 11) is -7.22. The maximum absolute atomic E-state index is 11.9. The molecule has 0 bridgehead atoms. The first-order chi connectivity index (χ1) is 20.0. The molecule has 0 saturated heterocycles. The minimum atomic E-state index is -3.71. The number of benzene rings is 3. The molecule has 0 radical (unpaired) electrons. The Labute approximate surface area is 249 Å². The average Bonchev–Trinajstić information content (AvgIpc) is 3.49. The molecule has 11 heteroatoms. The lowest BCUT2D eigenvalue weighted by atomic mass is 9.94. The van der Waals surface area contributed by atoms with Gasteiger partial charge in [0.15, 0.2) is 0 Å². The van der Waals surface area contributed by atoms with Gasteiger partial charge in [-0.2, -0.15) is 16.8 Å². The molecule has 0 fully saturated rings. The third-order valence-corrected chi connectivity index (χ3v) is 8.74. The van der Waals surface area contributed by atoms with Gasteiger partial charge in [-0.15, -0.1) is 0 Å². The molecular weight excluding hydrogens is 574 g/mol. The molecule has 4 aromatic rings. The maximum atomic E-state index is 11.9. The molecule has 0 aliphatic rings. The summed E-state index contributed by atoms with van der Waals surface area (Å²) in [6.07, 6.45) is 7.98. The van der Waals surface area contributed by atoms with Crippen molar-refractivity contribution in [3.63, 3.8) is 0 Å². The fourth-order valence-corrected chi connectivity index (χ4v) is 5.94. The Morgan fingerprint density at radius 2 is 1.43 bits per heavy atom. The molecule has 1 heterocycles. The molecule has 1 N–H and O–H groups in total. The van der Waals surface area contributed by atoms with Gasteiger partial charge in [0.2, 0.25) is 0 Å². The van der Waals surface area contributed by atoms with E-state index in [0.29, 0.717) is 17.9 Å². The van der Waals surface area contributed by atoms with Gasteiger partial charge in [0, 0.05) is 24.5 Å². The second-order valence-electron chi connectivity index (χ2n) is 10.1. The number of unbranched alkanes of at least 4 members (excludes halogenated alkanes) is 1. The van der Waals surface area contributed by atoms with Crippen LogP contribution in [0.5, 0.6) is 11.5 Å². The van der Waals surface area contributed by atoms with Gasteiger partial charge in [0.1, 0.15) is 16.4 Å². The molecule has 9 nitrogen and oxygen atoms in total. The molecular formula is C31H39N3O6S2. The third-order valence-electron chi connectivity index (χ3n) is 6.25. The third kappa shape index (κ3) is 11.0. The minimum absolute atomic E-state index is 0.0508. The smallest absolute Gasteiger partial charge is 0.339 e. The first-order valence-electron chi connectivity index (χ1n) is 13.8. The Morgan fingerprint density at radius 3 is 2.02 bits per heavy atom. The normalized spacial score (nSPS) is 11.8. The number of imidazole rings is 1. The Bertz CT molecular complexity index is 1540. The zero-order valence-corrected chi connectivity index (χ0v) is 25.9. The van der Waals surface area contributed by atoms with E-state index in [2.05, 4.69) is 28.7 Å². The highest BCUT2D eigenvalue weighted by Crippen LogP contribution is 2.24. The van der Waals surface area contributed by atoms with Crippen molar-refractivity contribution in [1.82, 2.24) is 14.9 Å². The van der Waals surface area contributed by atoms with E-state index in [0.717, 1.165) is 31.5 Å². The fraction of sp³-hybridized carbons (Fsp3) is 0.323. The van der Waals surface area contributed by atoms with Crippen molar-refractivity contribution in [2.45, 2.75) is 57.0 Å². The second-order valence-corrected chi connectivity index (χ2v) is 13.3. The van der Waals surface area contributed by atoms with Crippen LogP contribution in [0.4, 0.5) is 0 Å². The van der Waals surface area contributed by atoms with Crippen LogP contribution in [0.1, 0.15) is 45.6 Å². The number of nitrogens with one attached hydrogen (secondary N) is 1. The van der Waals surface area contributed by atoms with Gasteiger partial charge >= 0.3 is 20.2 Å². The van der Waals surface area contributed by atoms with Crippen LogP contribution in [0.2, 0.25) is 0 Å². The summed E-state index contributed by atoms with van der Waals surface area (Å²) in [6, 6.07) is 23.7. The van der Waals surface area contributed by atoms with Crippen LogP contribution in [0, 0.1) is 0 Å². The average molecular weight is 614 g/mol. The van der Waals surface area contributed by atoms with E-state index < -0.39 is 20.2 Å². The number of aromatic nitrogens is 2. The monoisotopic (exact) mass is 613 g/mol. The number of para-hydroxylation sites is 1. The summed E-state index contributed by atoms with van der Waals surface area (Å²) < 4.78 is 59.5. The van der Waals surface area contributed by atoms with Crippen molar-refractivity contribution in [3.05, 3.63) is 109 Å². The van der Waals surface area contributed by atoms with Crippen LogP contribution < -0.4 is 13.7 Å². The zero-order chi connectivity index (χ0) is 30.5. The Hall–Kier alpha value is -3.67. The van der Waals surface area contributed by atoms with Gasteiger partial charge in [-0.1, -0.05) is 61.9 Å². The lowest BCUT2D eigenvalue weighted by molar-refractivity contribution is 0.392. The number of aryl methyl sites for hydroxylation is 1. The van der Waals surface area contributed by atoms with Crippen molar-refractivity contribution in [3.8, 4) is 11.5 Å². The molecule has 0 spiro atoms. The van der Waals surface area contributed by atoms with Crippen LogP contribution in [-0.4, -0.2) is 38.7 Å². The van der Waals surface area contributed by atoms with E-state index in [9.17, 15) is 16.8 Å². The number of hydrogen-bond donors (Lipinski definition) is 1. The van der Waals surface area contributed by atoms with Gasteiger partial charge < -0.3 is 18.3 Å². The van der Waals surface area contributed by atoms with Crippen molar-refractivity contribution in [2.75, 3.05) is 12.3 Å². The predicted octanol–water partition coefficient (Wildman–Crippen LogP) is 5.76. The van der Waals surface area contributed by atoms with E-state index in [1.807, 2.05) is 31.6 Å². The number of rotatable bonds is 14. The fourth-order valence-electron chi connectivity index (χ4n) is 3.86. The molecule has 0 amide bonds. The summed E-state index contributed by atoms with van der Waals surface area (Å²) in [5, 5.41) is 3.54. The summed E-state index contributed by atoms with van der Waals surface area (Å²) >= 11 is 0. The highest BCUT2D eigenvalue weighted by molar-refractivity contribution is 7.87. The van der Waals surface area contributed by atoms with E-state index >= 15 is 0 Å². The Morgan fingerprint density at radius 1 is 0.810 bits per heavy atom. The van der Waals surface area contributed by atoms with Gasteiger partial charge in [-0.25, -0.2) is 4.98 Å². The Balaban J connectivity index is 0.000000258. The summed E-state index contributed by atoms with van der Waals surface area (Å²) in [5.74, 6) is 0.724. The zero-order valence-electron chi connectivity index (χ0n) is 24.2. The molecule has 42 heavy (non-hydrogen) atoms. The van der Waals surface area contributed by atoms with Crippen molar-refractivity contribution >= 4 is 20.2 Å². The first-order valence-corrected chi connectivity index (χ1v) is 16.8. The molecule has 1 aromatic heterocycles. The molecule has 4 rings (SSSR count). The molecule has 0 aliphatic carbocycles. The van der Waals surface area contributed by atoms with Crippen LogP contribution >= 0.6 is 0 Å². The molecule has 0 saturated carbocycles. The summed E-state index contributed by atoms with van der Waals surface area (Å²) in [4.78, 5) is 4.19.